The van der Waals surface area contributed by atoms with Gasteiger partial charge >= 0.3 is 0 Å². The molecule has 0 fully saturated rings. The van der Waals surface area contributed by atoms with E-state index in [1.54, 1.807) is 0 Å². The van der Waals surface area contributed by atoms with Gasteiger partial charge in [0.1, 0.15) is 5.75 Å². The summed E-state index contributed by atoms with van der Waals surface area (Å²) in [4.78, 5) is 18.5. The molecule has 0 radical (unpaired) electrons. The van der Waals surface area contributed by atoms with Crippen LogP contribution in [0.2, 0.25) is 0 Å². The van der Waals surface area contributed by atoms with E-state index in [-0.39, 0.29) is 0 Å². The largest absolute Gasteiger partial charge is 0.494 e. The highest BCUT2D eigenvalue weighted by atomic mass is 16.5. The van der Waals surface area contributed by atoms with Gasteiger partial charge in [0.2, 0.25) is 0 Å². The second-order valence-electron chi connectivity index (χ2n) is 14.7. The first-order valence-electron chi connectivity index (χ1n) is 20.3. The Labute approximate surface area is 334 Å². The van der Waals surface area contributed by atoms with Crippen LogP contribution in [0.4, 0.5) is 0 Å². The quantitative estimate of drug-likeness (QED) is 0.123. The smallest absolute Gasteiger partial charge is 0.119 e. The van der Waals surface area contributed by atoms with Gasteiger partial charge in [-0.2, -0.15) is 0 Å². The Bertz CT molecular complexity index is 2690. The zero-order chi connectivity index (χ0) is 38.4. The summed E-state index contributed by atoms with van der Waals surface area (Å²) in [7, 11) is 0. The highest BCUT2D eigenvalue weighted by molar-refractivity contribution is 5.99. The van der Waals surface area contributed by atoms with Gasteiger partial charge in [0.25, 0.3) is 0 Å². The number of hydrogen-bond donors (Lipinski definition) is 2. The van der Waals surface area contributed by atoms with Crippen molar-refractivity contribution >= 4 is 46.4 Å². The molecule has 4 aromatic carbocycles. The van der Waals surface area contributed by atoms with Gasteiger partial charge in [0.05, 0.1) is 29.4 Å². The van der Waals surface area contributed by atoms with Crippen LogP contribution in [0.15, 0.2) is 140 Å². The molecule has 0 spiro atoms. The molecule has 5 heterocycles. The highest BCUT2D eigenvalue weighted by Gasteiger charge is 2.19. The Kier molecular flexibility index (Phi) is 10.4. The number of rotatable bonds is 12. The fourth-order valence-electron chi connectivity index (χ4n) is 8.02. The second-order valence-corrected chi connectivity index (χ2v) is 14.7. The van der Waals surface area contributed by atoms with Crippen molar-refractivity contribution < 1.29 is 4.74 Å². The van der Waals surface area contributed by atoms with E-state index in [9.17, 15) is 0 Å². The van der Waals surface area contributed by atoms with E-state index in [2.05, 4.69) is 181 Å². The molecule has 280 valence electrons. The van der Waals surface area contributed by atoms with E-state index < -0.39 is 0 Å². The number of fused-ring (bicyclic) bond motifs is 8. The topological polar surface area (TPSA) is 66.6 Å². The molecule has 5 nitrogen and oxygen atoms in total. The van der Waals surface area contributed by atoms with Crippen molar-refractivity contribution in [2.45, 2.75) is 45.4 Å². The van der Waals surface area contributed by atoms with Crippen LogP contribution in [0.25, 0.3) is 90.9 Å². The molecular formula is C52H46N4O. The van der Waals surface area contributed by atoms with Gasteiger partial charge in [0.15, 0.2) is 0 Å². The second kappa shape index (κ2) is 16.6. The number of nitrogens with zero attached hydrogens (tertiary/aromatic N) is 2. The summed E-state index contributed by atoms with van der Waals surface area (Å²) < 4.78 is 6.21. The molecule has 0 saturated carbocycles. The Morgan fingerprint density at radius 3 is 1.12 bits per heavy atom. The van der Waals surface area contributed by atoms with Crippen LogP contribution in [0.3, 0.4) is 0 Å². The van der Waals surface area contributed by atoms with E-state index in [1.807, 2.05) is 0 Å². The lowest BCUT2D eigenvalue weighted by atomic mass is 10.0. The highest BCUT2D eigenvalue weighted by Crippen LogP contribution is 2.38. The van der Waals surface area contributed by atoms with E-state index in [4.69, 9.17) is 14.7 Å². The van der Waals surface area contributed by atoms with Gasteiger partial charge in [-0.25, -0.2) is 9.97 Å². The van der Waals surface area contributed by atoms with E-state index in [0.29, 0.717) is 0 Å². The molecule has 9 rings (SSSR count). The number of aromatic amines is 2. The average molecular weight is 743 g/mol. The molecule has 2 aliphatic rings. The van der Waals surface area contributed by atoms with Crippen molar-refractivity contribution in [3.05, 3.63) is 162 Å². The van der Waals surface area contributed by atoms with Crippen LogP contribution in [0.5, 0.6) is 5.75 Å². The van der Waals surface area contributed by atoms with Gasteiger partial charge in [-0.3, -0.25) is 0 Å². The summed E-state index contributed by atoms with van der Waals surface area (Å²) in [6, 6.07) is 48.8. The Balaban J connectivity index is 1.28. The third-order valence-electron chi connectivity index (χ3n) is 10.9. The lowest BCUT2D eigenvalue weighted by molar-refractivity contribution is 0.304. The zero-order valence-corrected chi connectivity index (χ0v) is 32.3. The van der Waals surface area contributed by atoms with Crippen LogP contribution in [0.1, 0.15) is 68.2 Å². The minimum absolute atomic E-state index is 0.731. The summed E-state index contributed by atoms with van der Waals surface area (Å²) in [5.74, 6) is 0.885. The number of aromatic nitrogens is 4. The van der Waals surface area contributed by atoms with Crippen molar-refractivity contribution in [1.82, 2.24) is 19.9 Å². The predicted octanol–water partition coefficient (Wildman–Crippen LogP) is 14.1. The van der Waals surface area contributed by atoms with Crippen LogP contribution < -0.4 is 4.74 Å². The molecule has 3 aromatic heterocycles. The molecule has 0 saturated heterocycles. The number of unbranched alkanes of at least 4 members (excludes halogenated alkanes) is 5. The summed E-state index contributed by atoms with van der Waals surface area (Å²) in [6.07, 6.45) is 16.0. The SMILES string of the molecule is CCCCCCCCOc1ccc(-c2c3nc(c(-c4ccccc4)c4ccc([nH]4)c(-c4ccccc4)c4nc(c(-c5ccccc5)c5ccc2[nH]5)C=C4)C=C3)cc1. The predicted molar refractivity (Wildman–Crippen MR) is 239 cm³/mol. The summed E-state index contributed by atoms with van der Waals surface area (Å²) in [6.45, 7) is 2.99. The molecule has 5 heteroatoms. The third kappa shape index (κ3) is 7.61. The fourth-order valence-corrected chi connectivity index (χ4v) is 8.02. The van der Waals surface area contributed by atoms with Crippen LogP contribution >= 0.6 is 0 Å². The molecule has 0 atom stereocenters. The zero-order valence-electron chi connectivity index (χ0n) is 32.3. The van der Waals surface area contributed by atoms with Crippen molar-refractivity contribution in [2.24, 2.45) is 0 Å². The van der Waals surface area contributed by atoms with Gasteiger partial charge in [-0.15, -0.1) is 0 Å². The van der Waals surface area contributed by atoms with Crippen LogP contribution in [0, 0.1) is 0 Å². The van der Waals surface area contributed by atoms with Crippen molar-refractivity contribution in [2.75, 3.05) is 6.61 Å². The number of hydrogen-bond acceptors (Lipinski definition) is 3. The summed E-state index contributed by atoms with van der Waals surface area (Å²) in [5, 5.41) is 0. The van der Waals surface area contributed by atoms with Crippen molar-refractivity contribution in [3.8, 4) is 50.3 Å². The Morgan fingerprint density at radius 2 is 0.737 bits per heavy atom. The Morgan fingerprint density at radius 1 is 0.386 bits per heavy atom. The minimum atomic E-state index is 0.731. The first kappa shape index (κ1) is 35.9. The first-order valence-corrected chi connectivity index (χ1v) is 20.3. The maximum atomic E-state index is 6.21. The van der Waals surface area contributed by atoms with E-state index in [1.165, 1.54) is 32.1 Å². The summed E-state index contributed by atoms with van der Waals surface area (Å²) >= 11 is 0. The standard InChI is InChI=1S/C52H46N4O/c1-2-3-4-5-6-16-35-57-40-25-23-39(24-26-40)52-47-33-31-45(55-47)50(37-19-12-8-13-20-37)43-29-27-41(53-43)49(36-17-10-7-11-18-36)42-28-30-44(54-42)51(38-21-14-9-15-22-38)46-32-34-48(52)56-46/h7-15,17-34,53,56H,2-6,16,35H2,1H3. The molecule has 57 heavy (non-hydrogen) atoms. The van der Waals surface area contributed by atoms with Gasteiger partial charge < -0.3 is 14.7 Å². The number of nitrogens with one attached hydrogen (secondary N) is 2. The molecular weight excluding hydrogens is 697 g/mol. The molecule has 2 N–H and O–H groups in total. The Hall–Kier alpha value is -6.72. The molecule has 0 aliphatic carbocycles. The molecule has 0 amide bonds. The minimum Gasteiger partial charge on any atom is -0.494 e. The van der Waals surface area contributed by atoms with Crippen LogP contribution in [-0.4, -0.2) is 26.5 Å². The van der Waals surface area contributed by atoms with Crippen LogP contribution in [-0.2, 0) is 0 Å². The number of H-pyrrole nitrogens is 2. The summed E-state index contributed by atoms with van der Waals surface area (Å²) in [5.41, 5.74) is 16.0. The number of benzene rings is 4. The molecule has 7 aromatic rings. The van der Waals surface area contributed by atoms with Gasteiger partial charge in [0, 0.05) is 44.3 Å². The fraction of sp³-hybridized carbons (Fsp3) is 0.154. The lowest BCUT2D eigenvalue weighted by Gasteiger charge is -2.09. The molecule has 8 bridgehead atoms. The van der Waals surface area contributed by atoms with Crippen molar-refractivity contribution in [3.63, 3.8) is 0 Å². The lowest BCUT2D eigenvalue weighted by Crippen LogP contribution is -1.97. The molecule has 2 aliphatic heterocycles. The maximum absolute atomic E-state index is 6.21. The number of ether oxygens (including phenoxy) is 1. The molecule has 0 unspecified atom stereocenters. The van der Waals surface area contributed by atoms with Crippen molar-refractivity contribution in [1.29, 1.82) is 0 Å². The van der Waals surface area contributed by atoms with Gasteiger partial charge in [-0.1, -0.05) is 142 Å². The van der Waals surface area contributed by atoms with E-state index in [0.717, 1.165) is 108 Å². The monoisotopic (exact) mass is 742 g/mol. The third-order valence-corrected chi connectivity index (χ3v) is 10.9. The van der Waals surface area contributed by atoms with E-state index >= 15 is 0 Å². The average Bonchev–Trinajstić information content (AvgIpc) is 4.11. The first-order chi connectivity index (χ1) is 28.2. The normalized spacial score (nSPS) is 11.9. The van der Waals surface area contributed by atoms with Gasteiger partial charge in [-0.05, 0) is 89.4 Å². The maximum Gasteiger partial charge on any atom is 0.119 e.